The Morgan fingerprint density at radius 1 is 1.16 bits per heavy atom. The summed E-state index contributed by atoms with van der Waals surface area (Å²) in [6.45, 7) is 9.38. The van der Waals surface area contributed by atoms with Gasteiger partial charge in [-0.3, -0.25) is 4.79 Å². The van der Waals surface area contributed by atoms with Crippen molar-refractivity contribution < 1.29 is 19.1 Å². The number of aryl methyl sites for hydroxylation is 3. The zero-order chi connectivity index (χ0) is 18.4. The second-order valence-electron chi connectivity index (χ2n) is 6.54. The number of ether oxygens (including phenoxy) is 2. The molecule has 1 N–H and O–H groups in total. The minimum absolute atomic E-state index is 0.00281. The van der Waals surface area contributed by atoms with Gasteiger partial charge in [0.05, 0.1) is 6.61 Å². The Hall–Kier alpha value is -2.24. The predicted octanol–water partition coefficient (Wildman–Crippen LogP) is 2.73. The van der Waals surface area contributed by atoms with Gasteiger partial charge in [0, 0.05) is 19.1 Å². The van der Waals surface area contributed by atoms with E-state index in [1.165, 1.54) is 5.56 Å². The Morgan fingerprint density at radius 2 is 1.76 bits per heavy atom. The van der Waals surface area contributed by atoms with Crippen molar-refractivity contribution in [3.8, 4) is 5.75 Å². The summed E-state index contributed by atoms with van der Waals surface area (Å²) in [6, 6.07) is 4.17. The topological polar surface area (TPSA) is 67.9 Å². The predicted molar refractivity (Wildman–Crippen MR) is 95.9 cm³/mol. The Bertz CT molecular complexity index is 599. The van der Waals surface area contributed by atoms with Crippen LogP contribution >= 0.6 is 0 Å². The Morgan fingerprint density at radius 3 is 2.32 bits per heavy atom. The van der Waals surface area contributed by atoms with E-state index < -0.39 is 0 Å². The largest absolute Gasteiger partial charge is 0.483 e. The molecule has 6 nitrogen and oxygen atoms in total. The summed E-state index contributed by atoms with van der Waals surface area (Å²) in [7, 11) is 0. The molecule has 0 atom stereocenters. The van der Waals surface area contributed by atoms with Crippen molar-refractivity contribution >= 4 is 12.0 Å². The second kappa shape index (κ2) is 8.74. The summed E-state index contributed by atoms with van der Waals surface area (Å²) < 4.78 is 10.7. The van der Waals surface area contributed by atoms with Gasteiger partial charge in [0.25, 0.3) is 5.91 Å². The average molecular weight is 348 g/mol. The quantitative estimate of drug-likeness (QED) is 0.888. The van der Waals surface area contributed by atoms with Crippen LogP contribution in [-0.2, 0) is 9.53 Å². The number of carbonyl (C=O) groups excluding carboxylic acids is 2. The highest BCUT2D eigenvalue weighted by Crippen LogP contribution is 2.24. The molecule has 1 fully saturated rings. The van der Waals surface area contributed by atoms with Gasteiger partial charge in [-0.2, -0.15) is 0 Å². The molecule has 6 heteroatoms. The fourth-order valence-corrected chi connectivity index (χ4v) is 3.22. The van der Waals surface area contributed by atoms with Gasteiger partial charge in [-0.15, -0.1) is 0 Å². The number of hydrogen-bond donors (Lipinski definition) is 1. The van der Waals surface area contributed by atoms with Crippen LogP contribution in [0, 0.1) is 20.8 Å². The summed E-state index contributed by atoms with van der Waals surface area (Å²) in [5, 5.41) is 2.99. The molecule has 1 aromatic carbocycles. The van der Waals surface area contributed by atoms with E-state index in [1.54, 1.807) is 11.8 Å². The summed E-state index contributed by atoms with van der Waals surface area (Å²) in [6.07, 6.45) is 1.18. The third kappa shape index (κ3) is 5.37. The number of piperidine rings is 1. The van der Waals surface area contributed by atoms with E-state index in [0.717, 1.165) is 29.7 Å². The SMILES string of the molecule is CCOC(=O)N1CCC(NC(=O)COc2c(C)cc(C)cc2C)CC1. The van der Waals surface area contributed by atoms with E-state index >= 15 is 0 Å². The minimum Gasteiger partial charge on any atom is -0.483 e. The highest BCUT2D eigenvalue weighted by atomic mass is 16.6. The number of hydrogen-bond acceptors (Lipinski definition) is 4. The number of nitrogens with zero attached hydrogens (tertiary/aromatic N) is 1. The van der Waals surface area contributed by atoms with Gasteiger partial charge in [-0.1, -0.05) is 17.7 Å². The highest BCUT2D eigenvalue weighted by Gasteiger charge is 2.24. The molecule has 0 saturated carbocycles. The van der Waals surface area contributed by atoms with Crippen LogP contribution in [0.15, 0.2) is 12.1 Å². The number of carbonyl (C=O) groups is 2. The van der Waals surface area contributed by atoms with E-state index in [9.17, 15) is 9.59 Å². The molecule has 25 heavy (non-hydrogen) atoms. The normalized spacial score (nSPS) is 15.0. The molecule has 138 valence electrons. The van der Waals surface area contributed by atoms with Gasteiger partial charge in [0.1, 0.15) is 5.75 Å². The van der Waals surface area contributed by atoms with E-state index in [-0.39, 0.29) is 24.6 Å². The Kier molecular flexibility index (Phi) is 6.67. The molecule has 0 bridgehead atoms. The maximum Gasteiger partial charge on any atom is 0.409 e. The first-order valence-corrected chi connectivity index (χ1v) is 8.82. The molecule has 0 aromatic heterocycles. The van der Waals surface area contributed by atoms with Crippen LogP contribution in [0.2, 0.25) is 0 Å². The number of benzene rings is 1. The summed E-state index contributed by atoms with van der Waals surface area (Å²) in [5.74, 6) is 0.645. The molecular formula is C19H28N2O4. The van der Waals surface area contributed by atoms with Gasteiger partial charge in [0.2, 0.25) is 0 Å². The maximum atomic E-state index is 12.2. The molecule has 2 amide bonds. The molecule has 0 aliphatic carbocycles. The fraction of sp³-hybridized carbons (Fsp3) is 0.579. The van der Waals surface area contributed by atoms with Gasteiger partial charge in [0.15, 0.2) is 6.61 Å². The van der Waals surface area contributed by atoms with E-state index in [1.807, 2.05) is 32.9 Å². The van der Waals surface area contributed by atoms with Gasteiger partial charge < -0.3 is 19.7 Å². The first kappa shape index (κ1) is 19.1. The second-order valence-corrected chi connectivity index (χ2v) is 6.54. The molecule has 0 unspecified atom stereocenters. The lowest BCUT2D eigenvalue weighted by Gasteiger charge is -2.31. The van der Waals surface area contributed by atoms with Crippen molar-refractivity contribution in [3.63, 3.8) is 0 Å². The van der Waals surface area contributed by atoms with E-state index in [0.29, 0.717) is 19.7 Å². The molecule has 0 radical (unpaired) electrons. The number of rotatable bonds is 5. The van der Waals surface area contributed by atoms with Crippen LogP contribution < -0.4 is 10.1 Å². The van der Waals surface area contributed by atoms with Crippen molar-refractivity contribution in [3.05, 3.63) is 28.8 Å². The van der Waals surface area contributed by atoms with Crippen LogP contribution in [0.25, 0.3) is 0 Å². The molecule has 1 saturated heterocycles. The van der Waals surface area contributed by atoms with Gasteiger partial charge >= 0.3 is 6.09 Å². The first-order valence-electron chi connectivity index (χ1n) is 8.82. The van der Waals surface area contributed by atoms with Crippen LogP contribution in [0.3, 0.4) is 0 Å². The number of likely N-dealkylation sites (tertiary alicyclic amines) is 1. The van der Waals surface area contributed by atoms with Crippen molar-refractivity contribution in [2.45, 2.75) is 46.6 Å². The van der Waals surface area contributed by atoms with E-state index in [2.05, 4.69) is 5.32 Å². The van der Waals surface area contributed by atoms with E-state index in [4.69, 9.17) is 9.47 Å². The Balaban J connectivity index is 1.78. The highest BCUT2D eigenvalue weighted by molar-refractivity contribution is 5.78. The molecule has 2 rings (SSSR count). The molecule has 1 aliphatic rings. The molecule has 1 aromatic rings. The molecular weight excluding hydrogens is 320 g/mol. The van der Waals surface area contributed by atoms with Crippen molar-refractivity contribution in [1.29, 1.82) is 0 Å². The van der Waals surface area contributed by atoms with Crippen LogP contribution in [0.5, 0.6) is 5.75 Å². The van der Waals surface area contributed by atoms with Crippen molar-refractivity contribution in [2.24, 2.45) is 0 Å². The zero-order valence-corrected chi connectivity index (χ0v) is 15.6. The number of nitrogens with one attached hydrogen (secondary N) is 1. The third-order valence-electron chi connectivity index (χ3n) is 4.34. The zero-order valence-electron chi connectivity index (χ0n) is 15.6. The van der Waals surface area contributed by atoms with Crippen molar-refractivity contribution in [1.82, 2.24) is 10.2 Å². The fourth-order valence-electron chi connectivity index (χ4n) is 3.22. The maximum absolute atomic E-state index is 12.2. The van der Waals surface area contributed by atoms with Crippen molar-refractivity contribution in [2.75, 3.05) is 26.3 Å². The van der Waals surface area contributed by atoms with Crippen LogP contribution in [-0.4, -0.2) is 49.2 Å². The smallest absolute Gasteiger partial charge is 0.409 e. The lowest BCUT2D eigenvalue weighted by Crippen LogP contribution is -2.47. The monoisotopic (exact) mass is 348 g/mol. The lowest BCUT2D eigenvalue weighted by atomic mass is 10.1. The summed E-state index contributed by atoms with van der Waals surface area (Å²) in [4.78, 5) is 25.5. The minimum atomic E-state index is -0.277. The Labute approximate surface area is 149 Å². The number of amides is 2. The van der Waals surface area contributed by atoms with Gasteiger partial charge in [-0.25, -0.2) is 4.79 Å². The summed E-state index contributed by atoms with van der Waals surface area (Å²) >= 11 is 0. The first-order chi connectivity index (χ1) is 11.9. The van der Waals surface area contributed by atoms with Crippen LogP contribution in [0.4, 0.5) is 4.79 Å². The lowest BCUT2D eigenvalue weighted by molar-refractivity contribution is -0.124. The van der Waals surface area contributed by atoms with Gasteiger partial charge in [-0.05, 0) is 51.7 Å². The molecule has 1 heterocycles. The third-order valence-corrected chi connectivity index (χ3v) is 4.34. The standard InChI is InChI=1S/C19H28N2O4/c1-5-24-19(23)21-8-6-16(7-9-21)20-17(22)12-25-18-14(3)10-13(2)11-15(18)4/h10-11,16H,5-9,12H2,1-4H3,(H,20,22). The summed E-state index contributed by atoms with van der Waals surface area (Å²) in [5.41, 5.74) is 3.25. The van der Waals surface area contributed by atoms with Crippen LogP contribution in [0.1, 0.15) is 36.5 Å². The average Bonchev–Trinajstić information content (AvgIpc) is 2.54. The molecule has 1 aliphatic heterocycles. The molecule has 0 spiro atoms.